The Hall–Kier alpha value is -3.07. The van der Waals surface area contributed by atoms with Gasteiger partial charge in [-0.3, -0.25) is 0 Å². The SMILES string of the molecule is [RuH].c1cc[cH-]c1.c1ccc([PH+](c2ccccc2)c2ccccc2[PH+](c2ccccc2)c2ccccc2)cc1. The van der Waals surface area contributed by atoms with Gasteiger partial charge in [-0.1, -0.05) is 84.9 Å². The Morgan fingerprint density at radius 1 is 0.316 bits per heavy atom. The fourth-order valence-electron chi connectivity index (χ4n) is 4.61. The van der Waals surface area contributed by atoms with Gasteiger partial charge in [0, 0.05) is 0 Å². The van der Waals surface area contributed by atoms with Gasteiger partial charge >= 0.3 is 19.5 Å². The van der Waals surface area contributed by atoms with Crippen LogP contribution in [0.5, 0.6) is 0 Å². The molecule has 0 saturated carbocycles. The third kappa shape index (κ3) is 7.07. The minimum Gasteiger partial charge on any atom is -0.214 e. The van der Waals surface area contributed by atoms with Gasteiger partial charge in [0.05, 0.1) is 0 Å². The molecule has 189 valence electrons. The van der Waals surface area contributed by atoms with E-state index in [0.717, 1.165) is 0 Å². The summed E-state index contributed by atoms with van der Waals surface area (Å²) < 4.78 is 0. The van der Waals surface area contributed by atoms with Crippen molar-refractivity contribution in [3.8, 4) is 0 Å². The van der Waals surface area contributed by atoms with E-state index < -0.39 is 15.8 Å². The van der Waals surface area contributed by atoms with Gasteiger partial charge in [-0.25, -0.2) is 12.1 Å². The quantitative estimate of drug-likeness (QED) is 0.126. The summed E-state index contributed by atoms with van der Waals surface area (Å²) in [6, 6.07) is 63.4. The first kappa shape index (κ1) is 28.0. The summed E-state index contributed by atoms with van der Waals surface area (Å²) in [4.78, 5) is 0. The monoisotopic (exact) mass is 616 g/mol. The normalized spacial score (nSPS) is 10.4. The molecule has 0 amide bonds. The van der Waals surface area contributed by atoms with Gasteiger partial charge in [0.1, 0.15) is 47.7 Å². The molecule has 6 rings (SSSR count). The van der Waals surface area contributed by atoms with Crippen molar-refractivity contribution in [2.45, 2.75) is 0 Å². The molecule has 0 N–H and O–H groups in total. The third-order valence-electron chi connectivity index (χ3n) is 6.27. The molecule has 0 fully saturated rings. The van der Waals surface area contributed by atoms with Crippen molar-refractivity contribution in [2.24, 2.45) is 0 Å². The summed E-state index contributed by atoms with van der Waals surface area (Å²) in [5.74, 6) is 0. The van der Waals surface area contributed by atoms with Crippen LogP contribution in [0.25, 0.3) is 0 Å². The second-order valence-electron chi connectivity index (χ2n) is 8.72. The van der Waals surface area contributed by atoms with Crippen LogP contribution >= 0.6 is 15.8 Å². The molecule has 0 heterocycles. The molecule has 0 saturated heterocycles. The standard InChI is InChI=1S/C30H24P2.C5H5.Ru.H/c1-5-15-25(16-6-1)31(26-17-7-2-8-18-26)29-23-13-14-24-30(29)32(27-19-9-3-10-20-27)28-21-11-4-12-22-28;1-2-4-5-3-1;;/h1-24H;1-5H;;/q;-1;;/p+2. The van der Waals surface area contributed by atoms with Crippen LogP contribution in [0, 0.1) is 0 Å². The maximum Gasteiger partial charge on any atom is 0.144 e. The van der Waals surface area contributed by atoms with Gasteiger partial charge in [-0.05, 0) is 60.7 Å². The van der Waals surface area contributed by atoms with Crippen LogP contribution < -0.4 is 31.8 Å². The second kappa shape index (κ2) is 14.8. The minimum absolute atomic E-state index is 0. The summed E-state index contributed by atoms with van der Waals surface area (Å²) in [5, 5.41) is 8.71. The van der Waals surface area contributed by atoms with Crippen LogP contribution in [0.3, 0.4) is 0 Å². The predicted octanol–water partition coefficient (Wildman–Crippen LogP) is 5.80. The molecule has 6 aromatic rings. The Morgan fingerprint density at radius 3 is 0.816 bits per heavy atom. The van der Waals surface area contributed by atoms with Crippen LogP contribution in [0.1, 0.15) is 0 Å². The van der Waals surface area contributed by atoms with Gasteiger partial charge in [0.15, 0.2) is 0 Å². The Balaban J connectivity index is 0.000000504. The van der Waals surface area contributed by atoms with E-state index in [1.165, 1.54) is 31.8 Å². The summed E-state index contributed by atoms with van der Waals surface area (Å²) in [6.45, 7) is 0. The van der Waals surface area contributed by atoms with Crippen LogP contribution in [0.4, 0.5) is 0 Å². The van der Waals surface area contributed by atoms with Crippen molar-refractivity contribution in [1.29, 1.82) is 0 Å². The third-order valence-corrected chi connectivity index (χ3v) is 12.1. The van der Waals surface area contributed by atoms with Gasteiger partial charge in [-0.15, -0.1) is 0 Å². The number of benzene rings is 5. The first-order valence-electron chi connectivity index (χ1n) is 12.6. The zero-order valence-electron chi connectivity index (χ0n) is 21.1. The summed E-state index contributed by atoms with van der Waals surface area (Å²) in [6.07, 6.45) is 0. The molecule has 3 heteroatoms. The van der Waals surface area contributed by atoms with Crippen molar-refractivity contribution in [2.75, 3.05) is 0 Å². The van der Waals surface area contributed by atoms with Gasteiger partial charge in [0.25, 0.3) is 0 Å². The Bertz CT molecular complexity index is 1250. The van der Waals surface area contributed by atoms with Crippen molar-refractivity contribution in [3.05, 3.63) is 176 Å². The number of hydrogen-bond donors (Lipinski definition) is 0. The minimum atomic E-state index is -1.14. The molecular formula is C35H32P2Ru+. The van der Waals surface area contributed by atoms with E-state index in [2.05, 4.69) is 146 Å². The van der Waals surface area contributed by atoms with Crippen LogP contribution in [-0.4, -0.2) is 0 Å². The Labute approximate surface area is 242 Å². The molecule has 0 aliphatic rings. The summed E-state index contributed by atoms with van der Waals surface area (Å²) >= 11 is 0. The Morgan fingerprint density at radius 2 is 0.579 bits per heavy atom. The Kier molecular flexibility index (Phi) is 10.9. The summed E-state index contributed by atoms with van der Waals surface area (Å²) in [7, 11) is -2.28. The average Bonchev–Trinajstić information content (AvgIpc) is 3.57. The van der Waals surface area contributed by atoms with Crippen molar-refractivity contribution < 1.29 is 19.5 Å². The second-order valence-corrected chi connectivity index (χ2v) is 13.6. The van der Waals surface area contributed by atoms with E-state index in [1.807, 2.05) is 30.3 Å². The zero-order chi connectivity index (χ0) is 25.1. The molecule has 0 unspecified atom stereocenters. The molecular weight excluding hydrogens is 583 g/mol. The average molecular weight is 616 g/mol. The van der Waals surface area contributed by atoms with Crippen molar-refractivity contribution in [1.82, 2.24) is 0 Å². The predicted molar refractivity (Wildman–Crippen MR) is 170 cm³/mol. The first-order valence-corrected chi connectivity index (χ1v) is 15.6. The largest absolute Gasteiger partial charge is 0.214 e. The maximum atomic E-state index is 2.38. The molecule has 0 radical (unpaired) electrons. The van der Waals surface area contributed by atoms with E-state index in [0.29, 0.717) is 0 Å². The van der Waals surface area contributed by atoms with Crippen LogP contribution in [0.2, 0.25) is 0 Å². The summed E-state index contributed by atoms with van der Waals surface area (Å²) in [5.41, 5.74) is 0. The molecule has 6 aromatic carbocycles. The fraction of sp³-hybridized carbons (Fsp3) is 0. The molecule has 0 aliphatic heterocycles. The van der Waals surface area contributed by atoms with E-state index in [1.54, 1.807) is 0 Å². The molecule has 0 aromatic heterocycles. The molecule has 38 heavy (non-hydrogen) atoms. The number of rotatable bonds is 6. The van der Waals surface area contributed by atoms with Crippen LogP contribution in [0.15, 0.2) is 176 Å². The van der Waals surface area contributed by atoms with Gasteiger partial charge in [0.2, 0.25) is 0 Å². The molecule has 0 spiro atoms. The van der Waals surface area contributed by atoms with Gasteiger partial charge < -0.3 is 0 Å². The fourth-order valence-corrected chi connectivity index (χ4v) is 10.6. The molecule has 0 nitrogen and oxygen atoms in total. The smallest absolute Gasteiger partial charge is 0.144 e. The van der Waals surface area contributed by atoms with E-state index in [-0.39, 0.29) is 19.5 Å². The first-order chi connectivity index (χ1) is 18.4. The molecule has 0 bridgehead atoms. The van der Waals surface area contributed by atoms with Crippen molar-refractivity contribution >= 4 is 47.7 Å². The molecule has 0 atom stereocenters. The van der Waals surface area contributed by atoms with Gasteiger partial charge in [-0.2, -0.15) is 18.2 Å². The van der Waals surface area contributed by atoms with E-state index >= 15 is 0 Å². The van der Waals surface area contributed by atoms with Crippen molar-refractivity contribution in [3.63, 3.8) is 0 Å². The zero-order valence-corrected chi connectivity index (χ0v) is 25.0. The topological polar surface area (TPSA) is 0 Å². The number of hydrogen-bond acceptors (Lipinski definition) is 0. The van der Waals surface area contributed by atoms with E-state index in [4.69, 9.17) is 0 Å². The van der Waals surface area contributed by atoms with Crippen LogP contribution in [-0.2, 0) is 19.5 Å². The maximum absolute atomic E-state index is 2.38. The molecule has 0 aliphatic carbocycles. The van der Waals surface area contributed by atoms with E-state index in [9.17, 15) is 0 Å².